The molecule has 1 atom stereocenters. The number of nitrogens with zero attached hydrogens (tertiary/aromatic N) is 1. The van der Waals surface area contributed by atoms with E-state index in [0.717, 1.165) is 12.1 Å². The first-order valence-electron chi connectivity index (χ1n) is 6.63. The van der Waals surface area contributed by atoms with Gasteiger partial charge < -0.3 is 10.1 Å². The molecule has 0 spiro atoms. The van der Waals surface area contributed by atoms with E-state index in [-0.39, 0.29) is 5.69 Å². The summed E-state index contributed by atoms with van der Waals surface area (Å²) in [4.78, 5) is 10.5. The third kappa shape index (κ3) is 4.43. The predicted octanol–water partition coefficient (Wildman–Crippen LogP) is 3.84. The van der Waals surface area contributed by atoms with Crippen molar-refractivity contribution in [2.24, 2.45) is 5.92 Å². The number of nitrogens with one attached hydrogen (secondary N) is 1. The number of hydrogen-bond acceptors (Lipinski definition) is 4. The van der Waals surface area contributed by atoms with Gasteiger partial charge >= 0.3 is 5.69 Å². The highest BCUT2D eigenvalue weighted by Gasteiger charge is 2.16. The average Bonchev–Trinajstić information content (AvgIpc) is 2.35. The molecule has 0 heterocycles. The molecule has 1 rings (SSSR count). The maximum atomic E-state index is 10.9. The number of ether oxygens (including phenoxy) is 1. The lowest BCUT2D eigenvalue weighted by Gasteiger charge is -2.19. The summed E-state index contributed by atoms with van der Waals surface area (Å²) in [5.41, 5.74) is 0.856. The van der Waals surface area contributed by atoms with Gasteiger partial charge in [-0.25, -0.2) is 0 Å². The zero-order valence-electron chi connectivity index (χ0n) is 12.0. The standard InChI is InChI=1S/C14H22N2O3/c1-5-8-19-14-9-12(15-11(4)10(2)3)6-7-13(14)16(17)18/h6-7,9-11,15H,5,8H2,1-4H3. The van der Waals surface area contributed by atoms with Crippen molar-refractivity contribution >= 4 is 11.4 Å². The van der Waals surface area contributed by atoms with Crippen LogP contribution >= 0.6 is 0 Å². The molecule has 0 radical (unpaired) electrons. The van der Waals surface area contributed by atoms with Gasteiger partial charge in [0.15, 0.2) is 5.75 Å². The lowest BCUT2D eigenvalue weighted by molar-refractivity contribution is -0.385. The monoisotopic (exact) mass is 266 g/mol. The molecular formula is C14H22N2O3. The van der Waals surface area contributed by atoms with E-state index in [2.05, 4.69) is 26.1 Å². The highest BCUT2D eigenvalue weighted by atomic mass is 16.6. The van der Waals surface area contributed by atoms with Crippen molar-refractivity contribution in [3.05, 3.63) is 28.3 Å². The minimum atomic E-state index is -0.416. The van der Waals surface area contributed by atoms with E-state index in [0.29, 0.717) is 24.3 Å². The fraction of sp³-hybridized carbons (Fsp3) is 0.571. The molecule has 1 unspecified atom stereocenters. The molecule has 106 valence electrons. The second kappa shape index (κ2) is 6.97. The van der Waals surface area contributed by atoms with E-state index < -0.39 is 4.92 Å². The van der Waals surface area contributed by atoms with Crippen molar-refractivity contribution in [1.82, 2.24) is 0 Å². The van der Waals surface area contributed by atoms with Gasteiger partial charge in [0, 0.05) is 23.9 Å². The normalized spacial score (nSPS) is 12.3. The van der Waals surface area contributed by atoms with E-state index in [4.69, 9.17) is 4.74 Å². The van der Waals surface area contributed by atoms with Gasteiger partial charge in [0.05, 0.1) is 11.5 Å². The molecule has 1 N–H and O–H groups in total. The Morgan fingerprint density at radius 3 is 2.58 bits per heavy atom. The Labute approximate surface area is 114 Å². The molecule has 1 aromatic carbocycles. The van der Waals surface area contributed by atoms with Crippen LogP contribution in [-0.4, -0.2) is 17.6 Å². The van der Waals surface area contributed by atoms with Crippen LogP contribution in [0.3, 0.4) is 0 Å². The van der Waals surface area contributed by atoms with Gasteiger partial charge in [0.2, 0.25) is 0 Å². The van der Waals surface area contributed by atoms with Crippen molar-refractivity contribution in [2.45, 2.75) is 40.2 Å². The minimum absolute atomic E-state index is 0.0104. The largest absolute Gasteiger partial charge is 0.487 e. The first-order valence-corrected chi connectivity index (χ1v) is 6.63. The fourth-order valence-electron chi connectivity index (χ4n) is 1.51. The lowest BCUT2D eigenvalue weighted by Crippen LogP contribution is -2.21. The summed E-state index contributed by atoms with van der Waals surface area (Å²) in [6, 6.07) is 5.20. The molecule has 0 aromatic heterocycles. The molecule has 0 amide bonds. The Kier molecular flexibility index (Phi) is 5.60. The summed E-state index contributed by atoms with van der Waals surface area (Å²) in [5, 5.41) is 14.3. The maximum absolute atomic E-state index is 10.9. The quantitative estimate of drug-likeness (QED) is 0.601. The average molecular weight is 266 g/mol. The topological polar surface area (TPSA) is 64.4 Å². The van der Waals surface area contributed by atoms with E-state index in [9.17, 15) is 10.1 Å². The van der Waals surface area contributed by atoms with Crippen LogP contribution in [0.5, 0.6) is 5.75 Å². The molecule has 19 heavy (non-hydrogen) atoms. The number of nitro benzene ring substituents is 1. The SMILES string of the molecule is CCCOc1cc(NC(C)C(C)C)ccc1[N+](=O)[O-]. The summed E-state index contributed by atoms with van der Waals surface area (Å²) >= 11 is 0. The smallest absolute Gasteiger partial charge is 0.311 e. The van der Waals surface area contributed by atoms with Crippen LogP contribution in [0.4, 0.5) is 11.4 Å². The third-order valence-electron chi connectivity index (χ3n) is 3.01. The lowest BCUT2D eigenvalue weighted by atomic mass is 10.1. The summed E-state index contributed by atoms with van der Waals surface area (Å²) in [7, 11) is 0. The highest BCUT2D eigenvalue weighted by Crippen LogP contribution is 2.30. The first-order chi connectivity index (χ1) is 8.95. The van der Waals surface area contributed by atoms with Crippen LogP contribution in [0.25, 0.3) is 0 Å². The Hall–Kier alpha value is -1.78. The molecule has 5 heteroatoms. The molecule has 0 aliphatic rings. The third-order valence-corrected chi connectivity index (χ3v) is 3.01. The molecule has 1 aromatic rings. The van der Waals surface area contributed by atoms with Gasteiger partial charge in [-0.15, -0.1) is 0 Å². The van der Waals surface area contributed by atoms with Gasteiger partial charge in [-0.3, -0.25) is 10.1 Å². The van der Waals surface area contributed by atoms with E-state index >= 15 is 0 Å². The van der Waals surface area contributed by atoms with Crippen molar-refractivity contribution < 1.29 is 9.66 Å². The molecule has 0 saturated heterocycles. The Morgan fingerprint density at radius 1 is 1.37 bits per heavy atom. The predicted molar refractivity (Wildman–Crippen MR) is 76.8 cm³/mol. The molecule has 5 nitrogen and oxygen atoms in total. The van der Waals surface area contributed by atoms with Gasteiger partial charge in [0.1, 0.15) is 0 Å². The molecular weight excluding hydrogens is 244 g/mol. The van der Waals surface area contributed by atoms with E-state index in [1.807, 2.05) is 6.92 Å². The fourth-order valence-corrected chi connectivity index (χ4v) is 1.51. The Morgan fingerprint density at radius 2 is 2.05 bits per heavy atom. The molecule has 0 fully saturated rings. The molecule has 0 saturated carbocycles. The van der Waals surface area contributed by atoms with Crippen LogP contribution in [0, 0.1) is 16.0 Å². The summed E-state index contributed by atoms with van der Waals surface area (Å²) in [6.45, 7) is 8.77. The Bertz CT molecular complexity index is 433. The number of hydrogen-bond donors (Lipinski definition) is 1. The van der Waals surface area contributed by atoms with Crippen molar-refractivity contribution in [3.63, 3.8) is 0 Å². The molecule has 0 aliphatic carbocycles. The second-order valence-corrected chi connectivity index (χ2v) is 4.97. The summed E-state index contributed by atoms with van der Waals surface area (Å²) < 4.78 is 5.45. The van der Waals surface area contributed by atoms with Gasteiger partial charge in [-0.05, 0) is 25.3 Å². The van der Waals surface area contributed by atoms with Crippen molar-refractivity contribution in [2.75, 3.05) is 11.9 Å². The second-order valence-electron chi connectivity index (χ2n) is 4.97. The zero-order valence-corrected chi connectivity index (χ0v) is 12.0. The number of benzene rings is 1. The van der Waals surface area contributed by atoms with Crippen LogP contribution in [0.2, 0.25) is 0 Å². The van der Waals surface area contributed by atoms with Gasteiger partial charge in [-0.2, -0.15) is 0 Å². The number of rotatable bonds is 7. The van der Waals surface area contributed by atoms with Crippen molar-refractivity contribution in [1.29, 1.82) is 0 Å². The molecule has 0 bridgehead atoms. The van der Waals surface area contributed by atoms with Gasteiger partial charge in [-0.1, -0.05) is 20.8 Å². The highest BCUT2D eigenvalue weighted by molar-refractivity contribution is 5.58. The summed E-state index contributed by atoms with van der Waals surface area (Å²) in [6.07, 6.45) is 0.817. The number of anilines is 1. The van der Waals surface area contributed by atoms with Crippen LogP contribution in [0.15, 0.2) is 18.2 Å². The van der Waals surface area contributed by atoms with E-state index in [1.165, 1.54) is 6.07 Å². The zero-order chi connectivity index (χ0) is 14.4. The van der Waals surface area contributed by atoms with Crippen LogP contribution < -0.4 is 10.1 Å². The number of nitro groups is 1. The van der Waals surface area contributed by atoms with E-state index in [1.54, 1.807) is 12.1 Å². The Balaban J connectivity index is 2.93. The first kappa shape index (κ1) is 15.3. The van der Waals surface area contributed by atoms with Crippen LogP contribution in [-0.2, 0) is 0 Å². The summed E-state index contributed by atoms with van der Waals surface area (Å²) in [5.74, 6) is 0.808. The minimum Gasteiger partial charge on any atom is -0.487 e. The van der Waals surface area contributed by atoms with Crippen molar-refractivity contribution in [3.8, 4) is 5.75 Å². The van der Waals surface area contributed by atoms with Crippen LogP contribution in [0.1, 0.15) is 34.1 Å². The maximum Gasteiger partial charge on any atom is 0.311 e. The van der Waals surface area contributed by atoms with Gasteiger partial charge in [0.25, 0.3) is 0 Å². The molecule has 0 aliphatic heterocycles.